The Morgan fingerprint density at radius 1 is 1.21 bits per heavy atom. The number of hydrogen-bond donors (Lipinski definition) is 0. The first-order valence-electron chi connectivity index (χ1n) is 7.72. The SMILES string of the molecule is CC(C)c1cc(C(=O)OCc2ccc(Cl)nc2)c2ccccc2n1. The summed E-state index contributed by atoms with van der Waals surface area (Å²) in [7, 11) is 0. The Bertz CT molecular complexity index is 876. The third kappa shape index (κ3) is 3.54. The van der Waals surface area contributed by atoms with Gasteiger partial charge in [-0.25, -0.2) is 9.78 Å². The monoisotopic (exact) mass is 340 g/mol. The van der Waals surface area contributed by atoms with Crippen molar-refractivity contribution in [1.82, 2.24) is 9.97 Å². The first-order valence-corrected chi connectivity index (χ1v) is 8.09. The number of fused-ring (bicyclic) bond motifs is 1. The summed E-state index contributed by atoms with van der Waals surface area (Å²) in [6.45, 7) is 4.24. The molecular formula is C19H17ClN2O2. The van der Waals surface area contributed by atoms with E-state index in [1.807, 2.05) is 44.2 Å². The number of para-hydroxylation sites is 1. The molecule has 0 saturated carbocycles. The summed E-state index contributed by atoms with van der Waals surface area (Å²) in [6.07, 6.45) is 1.60. The number of halogens is 1. The first kappa shape index (κ1) is 16.4. The molecule has 0 aliphatic carbocycles. The number of carbonyl (C=O) groups is 1. The van der Waals surface area contributed by atoms with Gasteiger partial charge in [0.1, 0.15) is 11.8 Å². The van der Waals surface area contributed by atoms with Crippen LogP contribution in [0.2, 0.25) is 5.15 Å². The first-order chi connectivity index (χ1) is 11.5. The Labute approximate surface area is 145 Å². The summed E-state index contributed by atoms with van der Waals surface area (Å²) in [5.41, 5.74) is 2.99. The highest BCUT2D eigenvalue weighted by Gasteiger charge is 2.15. The lowest BCUT2D eigenvalue weighted by atomic mass is 10.0. The van der Waals surface area contributed by atoms with Gasteiger partial charge in [-0.2, -0.15) is 0 Å². The van der Waals surface area contributed by atoms with E-state index in [-0.39, 0.29) is 18.5 Å². The molecule has 0 aliphatic heterocycles. The maximum Gasteiger partial charge on any atom is 0.339 e. The highest BCUT2D eigenvalue weighted by Crippen LogP contribution is 2.23. The second kappa shape index (κ2) is 6.97. The van der Waals surface area contributed by atoms with E-state index in [4.69, 9.17) is 16.3 Å². The van der Waals surface area contributed by atoms with Crippen LogP contribution in [0.25, 0.3) is 10.9 Å². The van der Waals surface area contributed by atoms with E-state index in [1.165, 1.54) is 0 Å². The average molecular weight is 341 g/mol. The molecule has 1 aromatic carbocycles. The van der Waals surface area contributed by atoms with Crippen molar-refractivity contribution in [2.45, 2.75) is 26.4 Å². The summed E-state index contributed by atoms with van der Waals surface area (Å²) in [5.74, 6) is -0.146. The van der Waals surface area contributed by atoms with Gasteiger partial charge in [0, 0.05) is 22.8 Å². The highest BCUT2D eigenvalue weighted by atomic mass is 35.5. The van der Waals surface area contributed by atoms with Crippen LogP contribution >= 0.6 is 11.6 Å². The third-order valence-corrected chi connectivity index (χ3v) is 3.93. The second-order valence-corrected chi connectivity index (χ2v) is 6.22. The number of rotatable bonds is 4. The van der Waals surface area contributed by atoms with Crippen molar-refractivity contribution in [2.24, 2.45) is 0 Å². The molecule has 0 aliphatic rings. The Morgan fingerprint density at radius 3 is 2.71 bits per heavy atom. The molecule has 0 fully saturated rings. The zero-order valence-electron chi connectivity index (χ0n) is 13.5. The van der Waals surface area contributed by atoms with Crippen molar-refractivity contribution in [2.75, 3.05) is 0 Å². The van der Waals surface area contributed by atoms with Crippen LogP contribution in [-0.4, -0.2) is 15.9 Å². The van der Waals surface area contributed by atoms with E-state index in [2.05, 4.69) is 9.97 Å². The van der Waals surface area contributed by atoms with Crippen LogP contribution in [-0.2, 0) is 11.3 Å². The Balaban J connectivity index is 1.89. The maximum atomic E-state index is 12.6. The van der Waals surface area contributed by atoms with E-state index >= 15 is 0 Å². The third-order valence-electron chi connectivity index (χ3n) is 3.71. The maximum absolute atomic E-state index is 12.6. The lowest BCUT2D eigenvalue weighted by molar-refractivity contribution is 0.0474. The lowest BCUT2D eigenvalue weighted by Gasteiger charge is -2.11. The van der Waals surface area contributed by atoms with Gasteiger partial charge < -0.3 is 4.74 Å². The molecule has 0 amide bonds. The van der Waals surface area contributed by atoms with Crippen molar-refractivity contribution in [1.29, 1.82) is 0 Å². The summed E-state index contributed by atoms with van der Waals surface area (Å²) in [4.78, 5) is 21.2. The molecular weight excluding hydrogens is 324 g/mol. The molecule has 3 rings (SSSR count). The van der Waals surface area contributed by atoms with Crippen LogP contribution in [0.3, 0.4) is 0 Å². The average Bonchev–Trinajstić information content (AvgIpc) is 2.60. The van der Waals surface area contributed by atoms with Gasteiger partial charge in [-0.1, -0.05) is 49.7 Å². The number of aromatic nitrogens is 2. The van der Waals surface area contributed by atoms with Crippen molar-refractivity contribution < 1.29 is 9.53 Å². The van der Waals surface area contributed by atoms with Gasteiger partial charge in [0.05, 0.1) is 11.1 Å². The molecule has 2 heterocycles. The lowest BCUT2D eigenvalue weighted by Crippen LogP contribution is -2.08. The van der Waals surface area contributed by atoms with Gasteiger partial charge in [0.15, 0.2) is 0 Å². The fraction of sp³-hybridized carbons (Fsp3) is 0.211. The summed E-state index contributed by atoms with van der Waals surface area (Å²) in [5, 5.41) is 1.20. The predicted molar refractivity (Wildman–Crippen MR) is 94.2 cm³/mol. The predicted octanol–water partition coefficient (Wildman–Crippen LogP) is 4.76. The zero-order chi connectivity index (χ0) is 17.1. The van der Waals surface area contributed by atoms with Crippen molar-refractivity contribution in [3.05, 3.63) is 70.6 Å². The van der Waals surface area contributed by atoms with Gasteiger partial charge in [-0.3, -0.25) is 4.98 Å². The van der Waals surface area contributed by atoms with Crippen LogP contribution in [0.4, 0.5) is 0 Å². The minimum Gasteiger partial charge on any atom is -0.457 e. The van der Waals surface area contributed by atoms with E-state index < -0.39 is 0 Å². The van der Waals surface area contributed by atoms with Crippen molar-refractivity contribution in [3.8, 4) is 0 Å². The molecule has 5 heteroatoms. The number of esters is 1. The molecule has 3 aromatic rings. The molecule has 4 nitrogen and oxygen atoms in total. The molecule has 24 heavy (non-hydrogen) atoms. The quantitative estimate of drug-likeness (QED) is 0.507. The van der Waals surface area contributed by atoms with E-state index in [9.17, 15) is 4.79 Å². The van der Waals surface area contributed by atoms with Gasteiger partial charge in [0.25, 0.3) is 0 Å². The largest absolute Gasteiger partial charge is 0.457 e. The molecule has 0 radical (unpaired) electrons. The van der Waals surface area contributed by atoms with E-state index in [0.29, 0.717) is 10.7 Å². The van der Waals surface area contributed by atoms with Crippen LogP contribution in [0.5, 0.6) is 0 Å². The van der Waals surface area contributed by atoms with Gasteiger partial charge in [-0.15, -0.1) is 0 Å². The summed E-state index contributed by atoms with van der Waals surface area (Å²) >= 11 is 5.76. The number of pyridine rings is 2. The number of ether oxygens (including phenoxy) is 1. The Morgan fingerprint density at radius 2 is 2.00 bits per heavy atom. The molecule has 0 bridgehead atoms. The van der Waals surface area contributed by atoms with Crippen molar-refractivity contribution >= 4 is 28.5 Å². The zero-order valence-corrected chi connectivity index (χ0v) is 14.2. The minimum atomic E-state index is -0.370. The molecule has 122 valence electrons. The summed E-state index contributed by atoms with van der Waals surface area (Å²) < 4.78 is 5.45. The highest BCUT2D eigenvalue weighted by molar-refractivity contribution is 6.29. The number of benzene rings is 1. The fourth-order valence-corrected chi connectivity index (χ4v) is 2.49. The molecule has 0 atom stereocenters. The van der Waals surface area contributed by atoms with Crippen molar-refractivity contribution in [3.63, 3.8) is 0 Å². The number of hydrogen-bond acceptors (Lipinski definition) is 4. The molecule has 0 unspecified atom stereocenters. The molecule has 0 spiro atoms. The molecule has 2 aromatic heterocycles. The second-order valence-electron chi connectivity index (χ2n) is 5.83. The van der Waals surface area contributed by atoms with E-state index in [0.717, 1.165) is 22.2 Å². The fourth-order valence-electron chi connectivity index (χ4n) is 2.38. The van der Waals surface area contributed by atoms with Crippen LogP contribution in [0.15, 0.2) is 48.7 Å². The topological polar surface area (TPSA) is 52.1 Å². The smallest absolute Gasteiger partial charge is 0.339 e. The van der Waals surface area contributed by atoms with Crippen LogP contribution < -0.4 is 0 Å². The Kier molecular flexibility index (Phi) is 4.76. The molecule has 0 saturated heterocycles. The van der Waals surface area contributed by atoms with Gasteiger partial charge in [0.2, 0.25) is 0 Å². The summed E-state index contributed by atoms with van der Waals surface area (Å²) in [6, 6.07) is 12.9. The van der Waals surface area contributed by atoms with Gasteiger partial charge in [-0.05, 0) is 24.1 Å². The Hall–Kier alpha value is -2.46. The minimum absolute atomic E-state index is 0.149. The van der Waals surface area contributed by atoms with Gasteiger partial charge >= 0.3 is 5.97 Å². The van der Waals surface area contributed by atoms with E-state index in [1.54, 1.807) is 18.3 Å². The van der Waals surface area contributed by atoms with Crippen LogP contribution in [0, 0.1) is 0 Å². The van der Waals surface area contributed by atoms with Crippen LogP contribution in [0.1, 0.15) is 41.4 Å². The molecule has 0 N–H and O–H groups in total. The normalized spacial score (nSPS) is 11.0. The number of carbonyl (C=O) groups excluding carboxylic acids is 1. The standard InChI is InChI=1S/C19H17ClN2O2/c1-12(2)17-9-15(14-5-3-4-6-16(14)22-17)19(23)24-11-13-7-8-18(20)21-10-13/h3-10,12H,11H2,1-2H3. The number of nitrogens with zero attached hydrogens (tertiary/aromatic N) is 2.